The molecule has 0 heterocycles. The molecule has 0 fully saturated rings. The maximum atomic E-state index is 14.0. The second-order valence-corrected chi connectivity index (χ2v) is 11.3. The molecule has 0 unspecified atom stereocenters. The quantitative estimate of drug-likeness (QED) is 0.0530. The summed E-state index contributed by atoms with van der Waals surface area (Å²) >= 11 is 0. The third kappa shape index (κ3) is 8.13. The third-order valence-corrected chi connectivity index (χ3v) is 7.63. The fraction of sp³-hybridized carbons (Fsp3) is 0.905. The second kappa shape index (κ2) is 14.4. The van der Waals surface area contributed by atoms with Gasteiger partial charge in [0.05, 0.1) is 19.8 Å². The molecule has 0 rings (SSSR count). The van der Waals surface area contributed by atoms with Crippen molar-refractivity contribution < 1.29 is 128 Å². The average Bonchev–Trinajstić information content (AvgIpc) is 2.93. The zero-order valence-corrected chi connectivity index (χ0v) is 25.1. The summed E-state index contributed by atoms with van der Waals surface area (Å²) < 4.78 is 362. The Balaban J connectivity index is 6.64. The van der Waals surface area contributed by atoms with E-state index < -0.39 is 124 Å². The lowest BCUT2D eigenvalue weighted by Crippen LogP contribution is -2.70. The van der Waals surface area contributed by atoms with Gasteiger partial charge in [0.2, 0.25) is 0 Å². The molecule has 0 saturated carbocycles. The Bertz CT molecular complexity index is 1250. The van der Waals surface area contributed by atoms with E-state index in [-0.39, 0.29) is 0 Å². The lowest BCUT2D eigenvalue weighted by Gasteiger charge is -2.41. The Kier molecular flexibility index (Phi) is 13.9. The molecule has 0 aromatic rings. The van der Waals surface area contributed by atoms with Crippen LogP contribution in [0.1, 0.15) is 26.7 Å². The van der Waals surface area contributed by atoms with Crippen molar-refractivity contribution in [1.82, 2.24) is 0 Å². The van der Waals surface area contributed by atoms with Crippen molar-refractivity contribution in [3.05, 3.63) is 12.2 Å². The number of rotatable bonds is 20. The van der Waals surface area contributed by atoms with Crippen molar-refractivity contribution in [2.75, 3.05) is 19.8 Å². The molecule has 0 aliphatic carbocycles. The molecule has 0 atom stereocenters. The Hall–Kier alpha value is -1.90. The topological polar surface area (TPSA) is 44.8 Å². The first-order valence-corrected chi connectivity index (χ1v) is 14.0. The predicted octanol–water partition coefficient (Wildman–Crippen LogP) is 11.1. The van der Waals surface area contributed by atoms with Gasteiger partial charge >= 0.3 is 79.1 Å². The number of allylic oxidation sites excluding steroid dienone is 2. The van der Waals surface area contributed by atoms with Gasteiger partial charge in [-0.05, 0) is 32.4 Å². The first-order valence-electron chi connectivity index (χ1n) is 12.5. The summed E-state index contributed by atoms with van der Waals surface area (Å²) in [6, 6.07) is 0. The van der Waals surface area contributed by atoms with E-state index in [2.05, 4.69) is 13.6 Å². The van der Waals surface area contributed by atoms with E-state index in [4.69, 9.17) is 0 Å². The van der Waals surface area contributed by atoms with Gasteiger partial charge in [-0.2, -0.15) is 110 Å². The number of hydrogen-bond donors (Lipinski definition) is 0. The van der Waals surface area contributed by atoms with Crippen LogP contribution < -0.4 is 0 Å². The smallest absolute Gasteiger partial charge is 0.287 e. The second-order valence-electron chi connectivity index (χ2n) is 9.60. The number of halogens is 25. The summed E-state index contributed by atoms with van der Waals surface area (Å²) in [5.41, 5.74) is 0. The van der Waals surface area contributed by atoms with Gasteiger partial charge in [0, 0.05) is 6.42 Å². The van der Waals surface area contributed by atoms with Crippen LogP contribution in [0.25, 0.3) is 0 Å². The zero-order chi connectivity index (χ0) is 41.6. The SMILES string of the molecule is CCOP(=O)(OCC)OCCCC(F)(F)C(F)(F)C(F)(F)C(F)(F)C(F)(F)C(F)(F)/C=C/C(F)(F)C(F)(F)C(F)(F)C(F)(F)C(F)(F)C(F)(F)F. The van der Waals surface area contributed by atoms with Crippen molar-refractivity contribution in [1.29, 1.82) is 0 Å². The van der Waals surface area contributed by atoms with E-state index in [1.807, 2.05) is 0 Å². The van der Waals surface area contributed by atoms with Gasteiger partial charge in [-0.25, -0.2) is 4.57 Å². The standard InChI is InChI=1S/C21H18F25O4P/c1-3-48-51(47,49-4-2)50-9-5-6-10(22,23)13(28,29)16(34,35)17(36,37)14(30,31)11(24,25)7-8-12(26,27)15(32,33)18(38,39)19(40,41)20(42,43)21(44,45)46/h7-8H,3-6,9H2,1-2H3/b8-7+. The minimum Gasteiger partial charge on any atom is -0.287 e. The van der Waals surface area contributed by atoms with Gasteiger partial charge in [-0.15, -0.1) is 0 Å². The highest BCUT2D eigenvalue weighted by Gasteiger charge is 2.92. The van der Waals surface area contributed by atoms with Crippen LogP contribution in [-0.2, 0) is 18.1 Å². The molecule has 0 aliphatic rings. The molecule has 0 aromatic heterocycles. The lowest BCUT2D eigenvalue weighted by molar-refractivity contribution is -0.436. The fourth-order valence-corrected chi connectivity index (χ4v) is 4.30. The van der Waals surface area contributed by atoms with Crippen LogP contribution >= 0.6 is 7.82 Å². The minimum absolute atomic E-state index is 0.496. The summed E-state index contributed by atoms with van der Waals surface area (Å²) in [5, 5.41) is 0. The Morgan fingerprint density at radius 2 is 0.725 bits per heavy atom. The molecule has 0 radical (unpaired) electrons. The number of alkyl halides is 25. The molecular weight excluding hydrogens is 822 g/mol. The molecule has 0 bridgehead atoms. The highest BCUT2D eigenvalue weighted by Crippen LogP contribution is 2.63. The monoisotopic (exact) mass is 840 g/mol. The number of phosphoric acid groups is 1. The molecule has 0 aromatic carbocycles. The van der Waals surface area contributed by atoms with Gasteiger partial charge in [-0.1, -0.05) is 0 Å². The molecule has 0 spiro atoms. The lowest BCUT2D eigenvalue weighted by atomic mass is 9.89. The summed E-state index contributed by atoms with van der Waals surface area (Å²) in [6.07, 6.45) is -18.5. The molecule has 4 nitrogen and oxygen atoms in total. The van der Waals surface area contributed by atoms with Crippen molar-refractivity contribution in [2.24, 2.45) is 0 Å². The maximum Gasteiger partial charge on any atom is 0.474 e. The van der Waals surface area contributed by atoms with Gasteiger partial charge < -0.3 is 0 Å². The van der Waals surface area contributed by atoms with Crippen molar-refractivity contribution in [2.45, 2.75) is 98.0 Å². The first kappa shape index (κ1) is 49.1. The molecule has 0 saturated heterocycles. The largest absolute Gasteiger partial charge is 0.474 e. The highest BCUT2D eigenvalue weighted by molar-refractivity contribution is 7.48. The summed E-state index contributed by atoms with van der Waals surface area (Å²) in [7, 11) is -4.65. The third-order valence-electron chi connectivity index (χ3n) is 5.98. The Labute approximate surface area is 266 Å². The van der Waals surface area contributed by atoms with Crippen molar-refractivity contribution >= 4 is 7.82 Å². The molecule has 0 aliphatic heterocycles. The van der Waals surface area contributed by atoms with E-state index in [0.29, 0.717) is 0 Å². The van der Waals surface area contributed by atoms with Crippen LogP contribution in [0.4, 0.5) is 110 Å². The van der Waals surface area contributed by atoms with Gasteiger partial charge in [0.15, 0.2) is 0 Å². The van der Waals surface area contributed by atoms with Crippen LogP contribution in [0, 0.1) is 0 Å². The van der Waals surface area contributed by atoms with Crippen molar-refractivity contribution in [3.8, 4) is 0 Å². The number of phosphoric ester groups is 1. The van der Waals surface area contributed by atoms with E-state index in [1.54, 1.807) is 0 Å². The van der Waals surface area contributed by atoms with E-state index >= 15 is 0 Å². The molecular formula is C21H18F25O4P. The summed E-state index contributed by atoms with van der Waals surface area (Å²) in [4.78, 5) is 0. The zero-order valence-electron chi connectivity index (χ0n) is 24.2. The highest BCUT2D eigenvalue weighted by atomic mass is 31.2. The maximum absolute atomic E-state index is 14.0. The summed E-state index contributed by atoms with van der Waals surface area (Å²) in [5.74, 6) is -90.1. The fourth-order valence-electron chi connectivity index (χ4n) is 3.09. The van der Waals surface area contributed by atoms with Crippen LogP contribution in [0.3, 0.4) is 0 Å². The minimum atomic E-state index is -8.75. The normalized spacial score (nSPS) is 16.4. The summed E-state index contributed by atoms with van der Waals surface area (Å²) in [6.45, 7) is -0.224. The average molecular weight is 840 g/mol. The van der Waals surface area contributed by atoms with Crippen LogP contribution in [-0.4, -0.2) is 91.1 Å². The van der Waals surface area contributed by atoms with Crippen LogP contribution in [0.2, 0.25) is 0 Å². The Morgan fingerprint density at radius 1 is 0.431 bits per heavy atom. The Morgan fingerprint density at radius 3 is 1.02 bits per heavy atom. The van der Waals surface area contributed by atoms with Crippen LogP contribution in [0.5, 0.6) is 0 Å². The van der Waals surface area contributed by atoms with Gasteiger partial charge in [0.25, 0.3) is 0 Å². The van der Waals surface area contributed by atoms with E-state index in [9.17, 15) is 114 Å². The van der Waals surface area contributed by atoms with Crippen LogP contribution in [0.15, 0.2) is 12.2 Å². The molecule has 51 heavy (non-hydrogen) atoms. The van der Waals surface area contributed by atoms with E-state index in [1.165, 1.54) is 0 Å². The molecule has 30 heteroatoms. The van der Waals surface area contributed by atoms with Crippen molar-refractivity contribution in [3.63, 3.8) is 0 Å². The first-order chi connectivity index (χ1) is 22.0. The van der Waals surface area contributed by atoms with Gasteiger partial charge in [-0.3, -0.25) is 13.6 Å². The molecule has 0 amide bonds. The molecule has 306 valence electrons. The van der Waals surface area contributed by atoms with E-state index in [0.717, 1.165) is 13.8 Å². The molecule has 0 N–H and O–H groups in total. The van der Waals surface area contributed by atoms with Gasteiger partial charge in [0.1, 0.15) is 0 Å². The predicted molar refractivity (Wildman–Crippen MR) is 116 cm³/mol. The number of hydrogen-bond acceptors (Lipinski definition) is 4.